The number of hydrogen-bond donors (Lipinski definition) is 1. The lowest BCUT2D eigenvalue weighted by atomic mass is 10.1. The van der Waals surface area contributed by atoms with Crippen LogP contribution in [0.25, 0.3) is 0 Å². The van der Waals surface area contributed by atoms with Crippen molar-refractivity contribution in [2.45, 2.75) is 45.6 Å². The Morgan fingerprint density at radius 2 is 1.74 bits per heavy atom. The predicted molar refractivity (Wildman–Crippen MR) is 75.2 cm³/mol. The summed E-state index contributed by atoms with van der Waals surface area (Å²) in [6, 6.07) is 2.66. The summed E-state index contributed by atoms with van der Waals surface area (Å²) < 4.78 is 28.2. The van der Waals surface area contributed by atoms with Gasteiger partial charge in [-0.25, -0.2) is 8.78 Å². The minimum atomic E-state index is -0.551. The Morgan fingerprint density at radius 3 is 2.21 bits per heavy atom. The van der Waals surface area contributed by atoms with E-state index in [9.17, 15) is 8.78 Å². The van der Waals surface area contributed by atoms with Gasteiger partial charge in [0, 0.05) is 18.3 Å². The SMILES string of the molecule is CC(C)CN(c1c(F)cc(N)cc1F)C1CCCC1. The predicted octanol–water partition coefficient (Wildman–Crippen LogP) is 3.95. The Morgan fingerprint density at radius 1 is 1.21 bits per heavy atom. The molecule has 1 aromatic rings. The first-order chi connectivity index (χ1) is 8.99. The van der Waals surface area contributed by atoms with Gasteiger partial charge in [-0.2, -0.15) is 0 Å². The standard InChI is InChI=1S/C15H22F2N2/c1-10(2)9-19(12-5-3-4-6-12)15-13(16)7-11(18)8-14(15)17/h7-8,10,12H,3-6,9,18H2,1-2H3. The normalized spacial score (nSPS) is 16.3. The fourth-order valence-electron chi connectivity index (χ4n) is 2.89. The zero-order valence-corrected chi connectivity index (χ0v) is 11.6. The first kappa shape index (κ1) is 14.1. The third-order valence-corrected chi connectivity index (χ3v) is 3.65. The van der Waals surface area contributed by atoms with Crippen molar-refractivity contribution in [3.05, 3.63) is 23.8 Å². The molecule has 0 aromatic heterocycles. The van der Waals surface area contributed by atoms with Gasteiger partial charge in [-0.3, -0.25) is 0 Å². The van der Waals surface area contributed by atoms with Gasteiger partial charge < -0.3 is 10.6 Å². The molecule has 0 heterocycles. The average molecular weight is 268 g/mol. The molecule has 1 saturated carbocycles. The summed E-state index contributed by atoms with van der Waals surface area (Å²) >= 11 is 0. The first-order valence-electron chi connectivity index (χ1n) is 7.00. The van der Waals surface area contributed by atoms with Gasteiger partial charge in [0.1, 0.15) is 5.69 Å². The van der Waals surface area contributed by atoms with E-state index < -0.39 is 11.6 Å². The van der Waals surface area contributed by atoms with Gasteiger partial charge in [0.2, 0.25) is 0 Å². The van der Waals surface area contributed by atoms with E-state index in [1.54, 1.807) is 0 Å². The minimum Gasteiger partial charge on any atom is -0.399 e. The zero-order chi connectivity index (χ0) is 14.0. The Balaban J connectivity index is 2.36. The van der Waals surface area contributed by atoms with Crippen molar-refractivity contribution < 1.29 is 8.78 Å². The molecule has 2 N–H and O–H groups in total. The van der Waals surface area contributed by atoms with Crippen molar-refractivity contribution >= 4 is 11.4 Å². The lowest BCUT2D eigenvalue weighted by Gasteiger charge is -2.33. The maximum absolute atomic E-state index is 14.1. The molecule has 0 unspecified atom stereocenters. The number of benzene rings is 1. The van der Waals surface area contributed by atoms with E-state index in [1.165, 1.54) is 12.1 Å². The maximum atomic E-state index is 14.1. The maximum Gasteiger partial charge on any atom is 0.151 e. The first-order valence-corrected chi connectivity index (χ1v) is 7.00. The summed E-state index contributed by atoms with van der Waals surface area (Å²) in [4.78, 5) is 1.90. The molecule has 0 saturated heterocycles. The number of nitrogen functional groups attached to an aromatic ring is 1. The molecule has 0 spiro atoms. The van der Waals surface area contributed by atoms with Crippen LogP contribution in [-0.2, 0) is 0 Å². The minimum absolute atomic E-state index is 0.0924. The number of hydrogen-bond acceptors (Lipinski definition) is 2. The summed E-state index contributed by atoms with van der Waals surface area (Å²) in [7, 11) is 0. The van der Waals surface area contributed by atoms with E-state index in [2.05, 4.69) is 13.8 Å². The molecule has 1 fully saturated rings. The molecular weight excluding hydrogens is 246 g/mol. The number of anilines is 2. The van der Waals surface area contributed by atoms with E-state index in [0.29, 0.717) is 12.5 Å². The molecule has 106 valence electrons. The van der Waals surface area contributed by atoms with Crippen molar-refractivity contribution in [2.24, 2.45) is 5.92 Å². The van der Waals surface area contributed by atoms with Crippen molar-refractivity contribution in [1.82, 2.24) is 0 Å². The van der Waals surface area contributed by atoms with Crippen LogP contribution in [-0.4, -0.2) is 12.6 Å². The molecule has 4 heteroatoms. The molecule has 2 nitrogen and oxygen atoms in total. The van der Waals surface area contributed by atoms with Crippen LogP contribution >= 0.6 is 0 Å². The van der Waals surface area contributed by atoms with Crippen LogP contribution in [0.4, 0.5) is 20.2 Å². The van der Waals surface area contributed by atoms with Crippen molar-refractivity contribution in [3.63, 3.8) is 0 Å². The zero-order valence-electron chi connectivity index (χ0n) is 11.6. The van der Waals surface area contributed by atoms with Crippen molar-refractivity contribution in [2.75, 3.05) is 17.2 Å². The fraction of sp³-hybridized carbons (Fsp3) is 0.600. The monoisotopic (exact) mass is 268 g/mol. The van der Waals surface area contributed by atoms with Gasteiger partial charge in [0.15, 0.2) is 11.6 Å². The average Bonchev–Trinajstić information content (AvgIpc) is 2.78. The highest BCUT2D eigenvalue weighted by molar-refractivity contribution is 5.56. The highest BCUT2D eigenvalue weighted by Gasteiger charge is 2.27. The molecule has 1 aromatic carbocycles. The van der Waals surface area contributed by atoms with Crippen LogP contribution < -0.4 is 10.6 Å². The number of halogens is 2. The molecule has 1 aliphatic carbocycles. The van der Waals surface area contributed by atoms with Crippen LogP contribution in [0, 0.1) is 17.6 Å². The molecule has 0 amide bonds. The molecule has 0 bridgehead atoms. The van der Waals surface area contributed by atoms with Crippen LogP contribution in [0.5, 0.6) is 0 Å². The van der Waals surface area contributed by atoms with Gasteiger partial charge in [0.25, 0.3) is 0 Å². The smallest absolute Gasteiger partial charge is 0.151 e. The van der Waals surface area contributed by atoms with Gasteiger partial charge in [-0.05, 0) is 30.9 Å². The van der Waals surface area contributed by atoms with Gasteiger partial charge in [0.05, 0.1) is 0 Å². The third kappa shape index (κ3) is 3.17. The largest absolute Gasteiger partial charge is 0.399 e. The topological polar surface area (TPSA) is 29.3 Å². The summed E-state index contributed by atoms with van der Waals surface area (Å²) in [6.45, 7) is 4.80. The Bertz CT molecular complexity index is 417. The van der Waals surface area contributed by atoms with Gasteiger partial charge >= 0.3 is 0 Å². The van der Waals surface area contributed by atoms with Crippen LogP contribution in [0.3, 0.4) is 0 Å². The lowest BCUT2D eigenvalue weighted by Crippen LogP contribution is -2.37. The van der Waals surface area contributed by atoms with E-state index in [0.717, 1.165) is 25.7 Å². The van der Waals surface area contributed by atoms with Crippen LogP contribution in [0.1, 0.15) is 39.5 Å². The molecule has 0 atom stereocenters. The van der Waals surface area contributed by atoms with Gasteiger partial charge in [-0.15, -0.1) is 0 Å². The second-order valence-corrected chi connectivity index (χ2v) is 5.82. The molecular formula is C15H22F2N2. The molecule has 0 radical (unpaired) electrons. The number of nitrogens with zero attached hydrogens (tertiary/aromatic N) is 1. The second-order valence-electron chi connectivity index (χ2n) is 5.82. The number of rotatable bonds is 4. The molecule has 2 rings (SSSR count). The summed E-state index contributed by atoms with van der Waals surface area (Å²) in [5, 5.41) is 0. The number of nitrogens with two attached hydrogens (primary N) is 1. The molecule has 19 heavy (non-hydrogen) atoms. The highest BCUT2D eigenvalue weighted by Crippen LogP contribution is 2.33. The Kier molecular flexibility index (Phi) is 4.27. The quantitative estimate of drug-likeness (QED) is 0.838. The Hall–Kier alpha value is -1.32. The van der Waals surface area contributed by atoms with Crippen LogP contribution in [0.2, 0.25) is 0 Å². The van der Waals surface area contributed by atoms with Crippen molar-refractivity contribution in [1.29, 1.82) is 0 Å². The molecule has 0 aliphatic heterocycles. The van der Waals surface area contributed by atoms with Crippen molar-refractivity contribution in [3.8, 4) is 0 Å². The highest BCUT2D eigenvalue weighted by atomic mass is 19.1. The fourth-order valence-corrected chi connectivity index (χ4v) is 2.89. The van der Waals surface area contributed by atoms with E-state index in [4.69, 9.17) is 5.73 Å². The van der Waals surface area contributed by atoms with E-state index in [-0.39, 0.29) is 17.4 Å². The van der Waals surface area contributed by atoms with E-state index in [1.807, 2.05) is 4.90 Å². The van der Waals surface area contributed by atoms with Gasteiger partial charge in [-0.1, -0.05) is 26.7 Å². The summed E-state index contributed by atoms with van der Waals surface area (Å²) in [6.07, 6.45) is 4.29. The second kappa shape index (κ2) is 5.76. The van der Waals surface area contributed by atoms with Crippen LogP contribution in [0.15, 0.2) is 12.1 Å². The summed E-state index contributed by atoms with van der Waals surface area (Å²) in [5.74, 6) is -0.743. The Labute approximate surface area is 113 Å². The summed E-state index contributed by atoms with van der Waals surface area (Å²) in [5.41, 5.74) is 5.71. The van der Waals surface area contributed by atoms with E-state index >= 15 is 0 Å². The third-order valence-electron chi connectivity index (χ3n) is 3.65. The lowest BCUT2D eigenvalue weighted by molar-refractivity contribution is 0.501. The molecule has 1 aliphatic rings.